The monoisotopic (exact) mass is 390 g/mol. The molecule has 2 fully saturated rings. The van der Waals surface area contributed by atoms with E-state index in [-0.39, 0.29) is 23.7 Å². The van der Waals surface area contributed by atoms with Gasteiger partial charge in [0.15, 0.2) is 0 Å². The normalized spacial score (nSPS) is 20.8. The summed E-state index contributed by atoms with van der Waals surface area (Å²) in [6.07, 6.45) is 2.28. The summed E-state index contributed by atoms with van der Waals surface area (Å²) in [5.74, 6) is 0.0579. The molecule has 0 aliphatic carbocycles. The Bertz CT molecular complexity index is 689. The molecule has 0 aromatic heterocycles. The maximum absolute atomic E-state index is 14.0. The molecule has 2 saturated heterocycles. The lowest BCUT2D eigenvalue weighted by molar-refractivity contribution is -0.142. The van der Waals surface area contributed by atoms with Crippen LogP contribution in [0.25, 0.3) is 0 Å². The Morgan fingerprint density at radius 2 is 1.75 bits per heavy atom. The van der Waals surface area contributed by atoms with Crippen molar-refractivity contribution in [3.63, 3.8) is 0 Å². The molecule has 28 heavy (non-hydrogen) atoms. The fourth-order valence-electron chi connectivity index (χ4n) is 4.00. The number of nitrogens with zero attached hydrogens (tertiary/aromatic N) is 4. The molecule has 1 aromatic carbocycles. The Labute approximate surface area is 166 Å². The molecule has 0 N–H and O–H groups in total. The van der Waals surface area contributed by atoms with E-state index in [2.05, 4.69) is 4.90 Å². The smallest absolute Gasteiger partial charge is 0.240 e. The Morgan fingerprint density at radius 1 is 1.07 bits per heavy atom. The Morgan fingerprint density at radius 3 is 2.43 bits per heavy atom. The van der Waals surface area contributed by atoms with Crippen molar-refractivity contribution < 1.29 is 14.0 Å². The van der Waals surface area contributed by atoms with E-state index in [9.17, 15) is 14.0 Å². The molecule has 0 saturated carbocycles. The van der Waals surface area contributed by atoms with Gasteiger partial charge in [0.2, 0.25) is 11.8 Å². The van der Waals surface area contributed by atoms with Gasteiger partial charge in [0, 0.05) is 51.3 Å². The molecule has 1 aromatic rings. The van der Waals surface area contributed by atoms with Crippen LogP contribution in [0.2, 0.25) is 0 Å². The zero-order valence-electron chi connectivity index (χ0n) is 16.9. The third-order valence-electron chi connectivity index (χ3n) is 5.70. The number of benzene rings is 1. The minimum absolute atomic E-state index is 0.120. The first-order chi connectivity index (χ1) is 13.5. The molecule has 1 unspecified atom stereocenters. The second-order valence-corrected chi connectivity index (χ2v) is 7.98. The van der Waals surface area contributed by atoms with Gasteiger partial charge in [-0.05, 0) is 39.5 Å². The average molecular weight is 391 g/mol. The highest BCUT2D eigenvalue weighted by atomic mass is 19.1. The van der Waals surface area contributed by atoms with Gasteiger partial charge in [0.25, 0.3) is 0 Å². The van der Waals surface area contributed by atoms with Crippen molar-refractivity contribution in [1.82, 2.24) is 19.6 Å². The summed E-state index contributed by atoms with van der Waals surface area (Å²) < 4.78 is 14.0. The van der Waals surface area contributed by atoms with Gasteiger partial charge in [-0.2, -0.15) is 0 Å². The van der Waals surface area contributed by atoms with Crippen molar-refractivity contribution in [3.05, 3.63) is 35.6 Å². The number of hydrogen-bond acceptors (Lipinski definition) is 4. The van der Waals surface area contributed by atoms with E-state index in [4.69, 9.17) is 0 Å². The molecule has 2 aliphatic rings. The number of carbonyl (C=O) groups is 2. The lowest BCUT2D eigenvalue weighted by atomic mass is 10.1. The summed E-state index contributed by atoms with van der Waals surface area (Å²) in [6.45, 7) is 4.37. The average Bonchev–Trinajstić information content (AvgIpc) is 3.15. The predicted octanol–water partition coefficient (Wildman–Crippen LogP) is 1.41. The van der Waals surface area contributed by atoms with Crippen LogP contribution in [-0.4, -0.2) is 90.8 Å². The number of carbonyl (C=O) groups excluding carboxylic acids is 2. The summed E-state index contributed by atoms with van der Waals surface area (Å²) in [6, 6.07) is 6.58. The Kier molecular flexibility index (Phi) is 7.02. The summed E-state index contributed by atoms with van der Waals surface area (Å²) in [5, 5.41) is 0. The molecule has 6 nitrogen and oxygen atoms in total. The van der Waals surface area contributed by atoms with Gasteiger partial charge >= 0.3 is 0 Å². The van der Waals surface area contributed by atoms with E-state index in [0.717, 1.165) is 25.9 Å². The van der Waals surface area contributed by atoms with Crippen LogP contribution < -0.4 is 0 Å². The van der Waals surface area contributed by atoms with Crippen molar-refractivity contribution in [2.24, 2.45) is 0 Å². The summed E-state index contributed by atoms with van der Waals surface area (Å²) in [5.41, 5.74) is 0.638. The van der Waals surface area contributed by atoms with Gasteiger partial charge in [-0.15, -0.1) is 0 Å². The van der Waals surface area contributed by atoms with E-state index in [1.54, 1.807) is 12.1 Å². The van der Waals surface area contributed by atoms with Crippen LogP contribution in [0.5, 0.6) is 0 Å². The van der Waals surface area contributed by atoms with Crippen LogP contribution in [0.4, 0.5) is 4.39 Å². The fraction of sp³-hybridized carbons (Fsp3) is 0.619. The van der Waals surface area contributed by atoms with Crippen LogP contribution in [0.15, 0.2) is 24.3 Å². The number of rotatable bonds is 6. The number of halogens is 1. The lowest BCUT2D eigenvalue weighted by Crippen LogP contribution is -2.54. The molecule has 2 heterocycles. The third kappa shape index (κ3) is 5.08. The van der Waals surface area contributed by atoms with E-state index in [1.165, 1.54) is 6.07 Å². The van der Waals surface area contributed by atoms with Crippen LogP contribution in [0, 0.1) is 5.82 Å². The molecular formula is C21H31FN4O2. The van der Waals surface area contributed by atoms with Crippen LogP contribution in [0.1, 0.15) is 24.8 Å². The van der Waals surface area contributed by atoms with Gasteiger partial charge in [0.05, 0.1) is 6.04 Å². The van der Waals surface area contributed by atoms with Gasteiger partial charge in [0.1, 0.15) is 5.82 Å². The van der Waals surface area contributed by atoms with E-state index in [1.807, 2.05) is 34.9 Å². The molecule has 0 spiro atoms. The molecule has 154 valence electrons. The van der Waals surface area contributed by atoms with E-state index in [0.29, 0.717) is 44.7 Å². The van der Waals surface area contributed by atoms with E-state index < -0.39 is 0 Å². The predicted molar refractivity (Wildman–Crippen MR) is 106 cm³/mol. The zero-order chi connectivity index (χ0) is 20.1. The van der Waals surface area contributed by atoms with Crippen LogP contribution in [-0.2, 0) is 16.1 Å². The van der Waals surface area contributed by atoms with Crippen LogP contribution >= 0.6 is 0 Å². The first kappa shape index (κ1) is 20.7. The quantitative estimate of drug-likeness (QED) is 0.737. The Balaban J connectivity index is 1.53. The molecule has 0 radical (unpaired) electrons. The van der Waals surface area contributed by atoms with Crippen molar-refractivity contribution in [2.45, 2.75) is 31.8 Å². The van der Waals surface area contributed by atoms with Crippen molar-refractivity contribution in [1.29, 1.82) is 0 Å². The van der Waals surface area contributed by atoms with Gasteiger partial charge in [-0.1, -0.05) is 18.2 Å². The highest BCUT2D eigenvalue weighted by Gasteiger charge is 2.35. The highest BCUT2D eigenvalue weighted by molar-refractivity contribution is 5.83. The Hall–Kier alpha value is -1.99. The first-order valence-corrected chi connectivity index (χ1v) is 10.1. The van der Waals surface area contributed by atoms with Gasteiger partial charge < -0.3 is 14.7 Å². The minimum atomic E-state index is -0.217. The van der Waals surface area contributed by atoms with Crippen LogP contribution in [0.3, 0.4) is 0 Å². The highest BCUT2D eigenvalue weighted by Crippen LogP contribution is 2.23. The SMILES string of the molecule is CN(C)CCC(=O)N1CCN(C(=O)C2CCCN2Cc2ccccc2F)CC1. The molecular weight excluding hydrogens is 359 g/mol. The van der Waals surface area contributed by atoms with Crippen molar-refractivity contribution in [3.8, 4) is 0 Å². The number of hydrogen-bond donors (Lipinski definition) is 0. The first-order valence-electron chi connectivity index (χ1n) is 10.1. The molecule has 3 rings (SSSR count). The maximum atomic E-state index is 14.0. The minimum Gasteiger partial charge on any atom is -0.339 e. The van der Waals surface area contributed by atoms with E-state index >= 15 is 0 Å². The number of likely N-dealkylation sites (tertiary alicyclic amines) is 1. The lowest BCUT2D eigenvalue weighted by Gasteiger charge is -2.37. The summed E-state index contributed by atoms with van der Waals surface area (Å²) >= 11 is 0. The summed E-state index contributed by atoms with van der Waals surface area (Å²) in [4.78, 5) is 33.2. The second kappa shape index (κ2) is 9.47. The standard InChI is InChI=1S/C21H31FN4O2/c1-23(2)11-9-20(27)24-12-14-25(15-13-24)21(28)19-8-5-10-26(19)16-17-6-3-4-7-18(17)22/h3-4,6-7,19H,5,8-16H2,1-2H3. The van der Waals surface area contributed by atoms with Gasteiger partial charge in [-0.3, -0.25) is 14.5 Å². The molecule has 1 atom stereocenters. The van der Waals surface area contributed by atoms with Crippen molar-refractivity contribution in [2.75, 3.05) is 53.4 Å². The fourth-order valence-corrected chi connectivity index (χ4v) is 4.00. The summed E-state index contributed by atoms with van der Waals surface area (Å²) in [7, 11) is 3.91. The topological polar surface area (TPSA) is 47.1 Å². The molecule has 7 heteroatoms. The number of amides is 2. The second-order valence-electron chi connectivity index (χ2n) is 7.98. The largest absolute Gasteiger partial charge is 0.339 e. The molecule has 0 bridgehead atoms. The van der Waals surface area contributed by atoms with Gasteiger partial charge in [-0.25, -0.2) is 4.39 Å². The maximum Gasteiger partial charge on any atom is 0.240 e. The zero-order valence-corrected chi connectivity index (χ0v) is 16.9. The molecule has 2 aliphatic heterocycles. The number of piperazine rings is 1. The van der Waals surface area contributed by atoms with Crippen molar-refractivity contribution >= 4 is 11.8 Å². The third-order valence-corrected chi connectivity index (χ3v) is 5.70. The molecule has 2 amide bonds.